The van der Waals surface area contributed by atoms with Crippen molar-refractivity contribution in [3.63, 3.8) is 0 Å². The zero-order valence-electron chi connectivity index (χ0n) is 11.6. The lowest BCUT2D eigenvalue weighted by Gasteiger charge is -2.06. The third-order valence-corrected chi connectivity index (χ3v) is 2.85. The molecule has 0 amide bonds. The number of ether oxygens (including phenoxy) is 4. The van der Waals surface area contributed by atoms with Crippen molar-refractivity contribution in [2.45, 2.75) is 26.1 Å². The van der Waals surface area contributed by atoms with Crippen molar-refractivity contribution in [3.05, 3.63) is 23.3 Å². The van der Waals surface area contributed by atoms with Gasteiger partial charge in [0.15, 0.2) is 0 Å². The first-order valence-electron chi connectivity index (χ1n) is 6.52. The molecule has 0 saturated carbocycles. The van der Waals surface area contributed by atoms with Crippen molar-refractivity contribution in [1.82, 2.24) is 0 Å². The minimum atomic E-state index is -0.472. The van der Waals surface area contributed by atoms with E-state index >= 15 is 0 Å². The van der Waals surface area contributed by atoms with Crippen molar-refractivity contribution in [3.8, 4) is 0 Å². The SMILES string of the molecule is C/C=C(\C=C(/C)C(=O)OCC1CO1)C(=O)OCC1CO1. The molecule has 0 radical (unpaired) electrons. The summed E-state index contributed by atoms with van der Waals surface area (Å²) in [6.45, 7) is 5.05. The number of hydrogen-bond donors (Lipinski definition) is 0. The van der Waals surface area contributed by atoms with Gasteiger partial charge in [0.25, 0.3) is 0 Å². The standard InChI is InChI=1S/C14H18O6/c1-3-10(14(16)20-8-12-6-18-12)4-9(2)13(15)19-7-11-5-17-11/h3-4,11-12H,5-8H2,1-2H3/b9-4+,10-3+. The Labute approximate surface area is 117 Å². The molecular formula is C14H18O6. The maximum atomic E-state index is 11.8. The fraction of sp³-hybridized carbons (Fsp3) is 0.571. The molecule has 2 unspecified atom stereocenters. The molecule has 2 atom stereocenters. The van der Waals surface area contributed by atoms with Gasteiger partial charge in [0.05, 0.1) is 18.8 Å². The van der Waals surface area contributed by atoms with Gasteiger partial charge < -0.3 is 18.9 Å². The van der Waals surface area contributed by atoms with Crippen LogP contribution in [0.15, 0.2) is 23.3 Å². The molecule has 0 aromatic carbocycles. The number of hydrogen-bond acceptors (Lipinski definition) is 6. The Kier molecular flexibility index (Phi) is 4.92. The van der Waals surface area contributed by atoms with E-state index in [4.69, 9.17) is 18.9 Å². The van der Waals surface area contributed by atoms with Gasteiger partial charge in [-0.25, -0.2) is 9.59 Å². The molecule has 0 N–H and O–H groups in total. The van der Waals surface area contributed by atoms with Crippen molar-refractivity contribution >= 4 is 11.9 Å². The molecule has 0 aromatic heterocycles. The van der Waals surface area contributed by atoms with Crippen molar-refractivity contribution in [1.29, 1.82) is 0 Å². The zero-order valence-corrected chi connectivity index (χ0v) is 11.6. The van der Waals surface area contributed by atoms with E-state index in [-0.39, 0.29) is 25.4 Å². The monoisotopic (exact) mass is 282 g/mol. The van der Waals surface area contributed by atoms with Crippen LogP contribution in [-0.4, -0.2) is 50.6 Å². The van der Waals surface area contributed by atoms with Crippen LogP contribution in [0.2, 0.25) is 0 Å². The molecule has 2 heterocycles. The topological polar surface area (TPSA) is 77.7 Å². The highest BCUT2D eigenvalue weighted by atomic mass is 16.6. The quantitative estimate of drug-likeness (QED) is 0.297. The first kappa shape index (κ1) is 14.7. The summed E-state index contributed by atoms with van der Waals surface area (Å²) in [5.74, 6) is -0.932. The van der Waals surface area contributed by atoms with Crippen LogP contribution >= 0.6 is 0 Å². The Morgan fingerprint density at radius 1 is 1.10 bits per heavy atom. The third kappa shape index (κ3) is 4.79. The number of esters is 2. The molecule has 0 aliphatic carbocycles. The normalized spacial score (nSPS) is 25.1. The van der Waals surface area contributed by atoms with E-state index in [1.54, 1.807) is 19.9 Å². The van der Waals surface area contributed by atoms with E-state index in [1.807, 2.05) is 0 Å². The smallest absolute Gasteiger partial charge is 0.337 e. The van der Waals surface area contributed by atoms with Gasteiger partial charge in [0.1, 0.15) is 25.4 Å². The molecule has 110 valence electrons. The Hall–Kier alpha value is -1.66. The minimum absolute atomic E-state index is 0.0191. The summed E-state index contributed by atoms with van der Waals surface area (Å²) in [5, 5.41) is 0. The van der Waals surface area contributed by atoms with Crippen LogP contribution in [0.3, 0.4) is 0 Å². The Balaban J connectivity index is 1.82. The lowest BCUT2D eigenvalue weighted by atomic mass is 10.1. The van der Waals surface area contributed by atoms with Crippen LogP contribution in [0, 0.1) is 0 Å². The highest BCUT2D eigenvalue weighted by molar-refractivity contribution is 5.96. The molecule has 0 aromatic rings. The second-order valence-corrected chi connectivity index (χ2v) is 4.68. The van der Waals surface area contributed by atoms with Gasteiger partial charge >= 0.3 is 11.9 Å². The second-order valence-electron chi connectivity index (χ2n) is 4.68. The lowest BCUT2D eigenvalue weighted by Crippen LogP contribution is -2.14. The highest BCUT2D eigenvalue weighted by Crippen LogP contribution is 2.13. The number of rotatable bonds is 7. The van der Waals surface area contributed by atoms with E-state index in [0.717, 1.165) is 0 Å². The van der Waals surface area contributed by atoms with Gasteiger partial charge in [-0.05, 0) is 19.9 Å². The van der Waals surface area contributed by atoms with Crippen LogP contribution in [0.25, 0.3) is 0 Å². The minimum Gasteiger partial charge on any atom is -0.459 e. The summed E-state index contributed by atoms with van der Waals surface area (Å²) in [6, 6.07) is 0. The summed E-state index contributed by atoms with van der Waals surface area (Å²) in [6.07, 6.45) is 3.10. The van der Waals surface area contributed by atoms with Crippen molar-refractivity contribution < 1.29 is 28.5 Å². The summed E-state index contributed by atoms with van der Waals surface area (Å²) in [5.41, 5.74) is 0.668. The molecule has 0 spiro atoms. The number of carbonyl (C=O) groups is 2. The summed E-state index contributed by atoms with van der Waals surface area (Å²) in [7, 11) is 0. The predicted octanol–water partition coefficient (Wildman–Crippen LogP) is 0.763. The molecule has 6 nitrogen and oxygen atoms in total. The van der Waals surface area contributed by atoms with E-state index in [2.05, 4.69) is 0 Å². The number of allylic oxidation sites excluding steroid dienone is 1. The molecule has 0 bridgehead atoms. The molecule has 2 saturated heterocycles. The van der Waals surface area contributed by atoms with E-state index in [1.165, 1.54) is 6.08 Å². The number of epoxide rings is 2. The Bertz CT molecular complexity index is 443. The maximum Gasteiger partial charge on any atom is 0.337 e. The van der Waals surface area contributed by atoms with Crippen LogP contribution < -0.4 is 0 Å². The Morgan fingerprint density at radius 3 is 2.05 bits per heavy atom. The molecule has 6 heteroatoms. The lowest BCUT2D eigenvalue weighted by molar-refractivity contribution is -0.139. The van der Waals surface area contributed by atoms with Crippen LogP contribution in [0.1, 0.15) is 13.8 Å². The van der Waals surface area contributed by atoms with Gasteiger partial charge in [-0.15, -0.1) is 0 Å². The molecular weight excluding hydrogens is 264 g/mol. The molecule has 2 fully saturated rings. The highest BCUT2D eigenvalue weighted by Gasteiger charge is 2.26. The van der Waals surface area contributed by atoms with E-state index in [0.29, 0.717) is 24.4 Å². The van der Waals surface area contributed by atoms with Crippen LogP contribution in [0.4, 0.5) is 0 Å². The molecule has 2 aliphatic heterocycles. The first-order chi connectivity index (χ1) is 9.60. The number of carbonyl (C=O) groups excluding carboxylic acids is 2. The Morgan fingerprint density at radius 2 is 1.60 bits per heavy atom. The predicted molar refractivity (Wildman–Crippen MR) is 68.9 cm³/mol. The first-order valence-corrected chi connectivity index (χ1v) is 6.52. The molecule has 2 aliphatic rings. The largest absolute Gasteiger partial charge is 0.459 e. The van der Waals surface area contributed by atoms with Gasteiger partial charge in [-0.1, -0.05) is 6.08 Å². The average Bonchev–Trinajstić information content (AvgIpc) is 3.32. The summed E-state index contributed by atoms with van der Waals surface area (Å²) < 4.78 is 20.0. The molecule has 20 heavy (non-hydrogen) atoms. The van der Waals surface area contributed by atoms with Gasteiger partial charge in [0, 0.05) is 5.57 Å². The average molecular weight is 282 g/mol. The van der Waals surface area contributed by atoms with Crippen molar-refractivity contribution in [2.75, 3.05) is 26.4 Å². The fourth-order valence-corrected chi connectivity index (χ4v) is 1.42. The van der Waals surface area contributed by atoms with Crippen LogP contribution in [0.5, 0.6) is 0 Å². The zero-order chi connectivity index (χ0) is 14.5. The summed E-state index contributed by atoms with van der Waals surface area (Å²) in [4.78, 5) is 23.5. The van der Waals surface area contributed by atoms with Crippen LogP contribution in [-0.2, 0) is 28.5 Å². The van der Waals surface area contributed by atoms with E-state index in [9.17, 15) is 9.59 Å². The third-order valence-electron chi connectivity index (χ3n) is 2.85. The van der Waals surface area contributed by atoms with Gasteiger partial charge in [-0.2, -0.15) is 0 Å². The molecule has 2 rings (SSSR count). The fourth-order valence-electron chi connectivity index (χ4n) is 1.42. The maximum absolute atomic E-state index is 11.8. The second kappa shape index (κ2) is 6.67. The van der Waals surface area contributed by atoms with E-state index < -0.39 is 11.9 Å². The van der Waals surface area contributed by atoms with Gasteiger partial charge in [-0.3, -0.25) is 0 Å². The van der Waals surface area contributed by atoms with Gasteiger partial charge in [0.2, 0.25) is 0 Å². The van der Waals surface area contributed by atoms with Crippen molar-refractivity contribution in [2.24, 2.45) is 0 Å². The summed E-state index contributed by atoms with van der Waals surface area (Å²) >= 11 is 0.